The minimum atomic E-state index is 0.383. The van der Waals surface area contributed by atoms with Crippen molar-refractivity contribution in [2.75, 3.05) is 6.54 Å². The highest BCUT2D eigenvalue weighted by atomic mass is 15.2. The molecule has 0 saturated carbocycles. The molecule has 0 aromatic rings. The molecule has 0 radical (unpaired) electrons. The number of hydrogen-bond acceptors (Lipinski definition) is 1. The van der Waals surface area contributed by atoms with Crippen molar-refractivity contribution in [3.8, 4) is 0 Å². The predicted molar refractivity (Wildman–Crippen MR) is 58.6 cm³/mol. The molecule has 2 atom stereocenters. The topological polar surface area (TPSA) is 3.24 Å². The van der Waals surface area contributed by atoms with Crippen molar-refractivity contribution in [3.63, 3.8) is 0 Å². The second kappa shape index (κ2) is 3.73. The van der Waals surface area contributed by atoms with Crippen molar-refractivity contribution < 1.29 is 0 Å². The molecule has 0 aromatic heterocycles. The van der Waals surface area contributed by atoms with Crippen molar-refractivity contribution in [1.82, 2.24) is 4.90 Å². The van der Waals surface area contributed by atoms with Crippen LogP contribution >= 0.6 is 0 Å². The van der Waals surface area contributed by atoms with Crippen LogP contribution in [-0.4, -0.2) is 17.0 Å². The first-order valence-electron chi connectivity index (χ1n) is 5.55. The van der Waals surface area contributed by atoms with Gasteiger partial charge in [0.05, 0.1) is 0 Å². The fraction of sp³-hybridized carbons (Fsp3) is 0.833. The van der Waals surface area contributed by atoms with E-state index in [4.69, 9.17) is 0 Å². The third-order valence-corrected chi connectivity index (χ3v) is 3.78. The summed E-state index contributed by atoms with van der Waals surface area (Å²) >= 11 is 0. The highest BCUT2D eigenvalue weighted by Crippen LogP contribution is 2.41. The molecule has 0 aliphatic carbocycles. The van der Waals surface area contributed by atoms with Gasteiger partial charge in [-0.05, 0) is 39.8 Å². The average Bonchev–Trinajstić information content (AvgIpc) is 2.38. The number of nitrogens with zero attached hydrogens (tertiary/aromatic N) is 1. The lowest BCUT2D eigenvalue weighted by Gasteiger charge is -2.40. The van der Waals surface area contributed by atoms with E-state index >= 15 is 0 Å². The SMILES string of the molecule is CCC1C(C)=CN(CC)C1(C)CC. The Morgan fingerprint density at radius 2 is 2.00 bits per heavy atom. The van der Waals surface area contributed by atoms with E-state index in [0.29, 0.717) is 5.54 Å². The maximum absolute atomic E-state index is 2.51. The molecule has 1 nitrogen and oxygen atoms in total. The van der Waals surface area contributed by atoms with Crippen LogP contribution in [0, 0.1) is 5.92 Å². The monoisotopic (exact) mass is 181 g/mol. The molecule has 0 aromatic carbocycles. The van der Waals surface area contributed by atoms with Gasteiger partial charge in [-0.25, -0.2) is 0 Å². The van der Waals surface area contributed by atoms with Crippen LogP contribution in [0.5, 0.6) is 0 Å². The van der Waals surface area contributed by atoms with Crippen LogP contribution in [-0.2, 0) is 0 Å². The third kappa shape index (κ3) is 1.49. The maximum atomic E-state index is 2.51. The lowest BCUT2D eigenvalue weighted by molar-refractivity contribution is 0.135. The highest BCUT2D eigenvalue weighted by molar-refractivity contribution is 5.19. The van der Waals surface area contributed by atoms with E-state index in [-0.39, 0.29) is 0 Å². The van der Waals surface area contributed by atoms with Gasteiger partial charge < -0.3 is 4.90 Å². The zero-order valence-corrected chi connectivity index (χ0v) is 9.72. The Morgan fingerprint density at radius 3 is 2.38 bits per heavy atom. The molecule has 0 bridgehead atoms. The Kier molecular flexibility index (Phi) is 3.05. The zero-order chi connectivity index (χ0) is 10.1. The quantitative estimate of drug-likeness (QED) is 0.645. The standard InChI is InChI=1S/C12H23N/c1-6-11-10(4)9-13(8-3)12(11,5)7-2/h9,11H,6-8H2,1-5H3. The molecule has 0 amide bonds. The summed E-state index contributed by atoms with van der Waals surface area (Å²) in [5, 5.41) is 0. The second-order valence-electron chi connectivity index (χ2n) is 4.33. The lowest BCUT2D eigenvalue weighted by Crippen LogP contribution is -2.44. The maximum Gasteiger partial charge on any atom is 0.0431 e. The summed E-state index contributed by atoms with van der Waals surface area (Å²) in [5.41, 5.74) is 1.95. The highest BCUT2D eigenvalue weighted by Gasteiger charge is 2.40. The molecule has 1 heteroatoms. The minimum Gasteiger partial charge on any atom is -0.372 e. The largest absolute Gasteiger partial charge is 0.372 e. The van der Waals surface area contributed by atoms with E-state index in [1.807, 2.05) is 0 Å². The van der Waals surface area contributed by atoms with Gasteiger partial charge in [0, 0.05) is 18.0 Å². The van der Waals surface area contributed by atoms with E-state index in [1.54, 1.807) is 5.57 Å². The smallest absolute Gasteiger partial charge is 0.0431 e. The summed E-state index contributed by atoms with van der Waals surface area (Å²) in [6, 6.07) is 0. The average molecular weight is 181 g/mol. The summed E-state index contributed by atoms with van der Waals surface area (Å²) in [6.45, 7) is 12.7. The van der Waals surface area contributed by atoms with E-state index in [2.05, 4.69) is 45.7 Å². The van der Waals surface area contributed by atoms with Gasteiger partial charge >= 0.3 is 0 Å². The molecular weight excluding hydrogens is 158 g/mol. The third-order valence-electron chi connectivity index (χ3n) is 3.78. The van der Waals surface area contributed by atoms with Crippen LogP contribution in [0.3, 0.4) is 0 Å². The molecule has 13 heavy (non-hydrogen) atoms. The molecule has 0 fully saturated rings. The van der Waals surface area contributed by atoms with Crippen molar-refractivity contribution in [2.24, 2.45) is 5.92 Å². The summed E-state index contributed by atoms with van der Waals surface area (Å²) in [4.78, 5) is 2.51. The molecule has 1 aliphatic heterocycles. The molecule has 0 N–H and O–H groups in total. The zero-order valence-electron chi connectivity index (χ0n) is 9.72. The Labute approximate surface area is 82.8 Å². The first-order chi connectivity index (χ1) is 6.10. The van der Waals surface area contributed by atoms with Gasteiger partial charge in [-0.1, -0.05) is 19.4 Å². The summed E-state index contributed by atoms with van der Waals surface area (Å²) in [7, 11) is 0. The summed E-state index contributed by atoms with van der Waals surface area (Å²) in [5.74, 6) is 0.762. The van der Waals surface area contributed by atoms with Crippen molar-refractivity contribution in [1.29, 1.82) is 0 Å². The molecule has 1 rings (SSSR count). The summed E-state index contributed by atoms with van der Waals surface area (Å²) < 4.78 is 0. The van der Waals surface area contributed by atoms with Crippen LogP contribution < -0.4 is 0 Å². The van der Waals surface area contributed by atoms with Crippen molar-refractivity contribution in [3.05, 3.63) is 11.8 Å². The number of rotatable bonds is 3. The van der Waals surface area contributed by atoms with Gasteiger partial charge in [0.15, 0.2) is 0 Å². The molecule has 0 saturated heterocycles. The lowest BCUT2D eigenvalue weighted by atomic mass is 9.79. The predicted octanol–water partition coefficient (Wildman–Crippen LogP) is 3.42. The van der Waals surface area contributed by atoms with Crippen LogP contribution in [0.4, 0.5) is 0 Å². The second-order valence-corrected chi connectivity index (χ2v) is 4.33. The first kappa shape index (κ1) is 10.6. The Morgan fingerprint density at radius 1 is 1.38 bits per heavy atom. The van der Waals surface area contributed by atoms with E-state index in [1.165, 1.54) is 12.8 Å². The Bertz CT molecular complexity index is 207. The fourth-order valence-electron chi connectivity index (χ4n) is 2.84. The minimum absolute atomic E-state index is 0.383. The van der Waals surface area contributed by atoms with Crippen LogP contribution in [0.25, 0.3) is 0 Å². The van der Waals surface area contributed by atoms with Gasteiger partial charge in [-0.3, -0.25) is 0 Å². The Balaban J connectivity index is 2.92. The Hall–Kier alpha value is -0.460. The van der Waals surface area contributed by atoms with E-state index < -0.39 is 0 Å². The fourth-order valence-corrected chi connectivity index (χ4v) is 2.84. The molecule has 2 unspecified atom stereocenters. The van der Waals surface area contributed by atoms with Crippen molar-refractivity contribution >= 4 is 0 Å². The van der Waals surface area contributed by atoms with Gasteiger partial charge in [-0.2, -0.15) is 0 Å². The molecule has 1 aliphatic rings. The van der Waals surface area contributed by atoms with Gasteiger partial charge in [0.1, 0.15) is 0 Å². The van der Waals surface area contributed by atoms with Crippen molar-refractivity contribution in [2.45, 2.75) is 53.0 Å². The van der Waals surface area contributed by atoms with E-state index in [9.17, 15) is 0 Å². The molecule has 1 heterocycles. The van der Waals surface area contributed by atoms with Crippen LogP contribution in [0.2, 0.25) is 0 Å². The molecule has 0 spiro atoms. The number of hydrogen-bond donors (Lipinski definition) is 0. The normalized spacial score (nSPS) is 33.8. The van der Waals surface area contributed by atoms with Crippen LogP contribution in [0.15, 0.2) is 11.8 Å². The van der Waals surface area contributed by atoms with E-state index in [0.717, 1.165) is 12.5 Å². The molecule has 76 valence electrons. The van der Waals surface area contributed by atoms with Gasteiger partial charge in [0.25, 0.3) is 0 Å². The molecular formula is C12H23N. The van der Waals surface area contributed by atoms with Crippen LogP contribution in [0.1, 0.15) is 47.5 Å². The first-order valence-corrected chi connectivity index (χ1v) is 5.55. The van der Waals surface area contributed by atoms with Gasteiger partial charge in [-0.15, -0.1) is 0 Å². The summed E-state index contributed by atoms with van der Waals surface area (Å²) in [6.07, 6.45) is 4.87. The van der Waals surface area contributed by atoms with Gasteiger partial charge in [0.2, 0.25) is 0 Å².